The number of hydrogen-bond acceptors (Lipinski definition) is 4. The average Bonchev–Trinajstić information content (AvgIpc) is 3.09. The number of rotatable bonds is 6. The number of Topliss-reactive ketones (excluding diaryl/α,β-unsaturated/α-hetero) is 1. The number of amides is 2. The van der Waals surface area contributed by atoms with Gasteiger partial charge in [-0.25, -0.2) is 0 Å². The van der Waals surface area contributed by atoms with E-state index in [2.05, 4.69) is 44.0 Å². The molecule has 0 saturated carbocycles. The summed E-state index contributed by atoms with van der Waals surface area (Å²) in [5.74, 6) is 1.19. The van der Waals surface area contributed by atoms with E-state index in [1.54, 1.807) is 0 Å². The Morgan fingerprint density at radius 3 is 2.25 bits per heavy atom. The fourth-order valence-electron chi connectivity index (χ4n) is 6.72. The lowest BCUT2D eigenvalue weighted by Gasteiger charge is -2.38. The monoisotopic (exact) mass is 691 g/mol. The van der Waals surface area contributed by atoms with Crippen LogP contribution >= 0.6 is 43.5 Å². The number of hydrogen-bond donors (Lipinski definition) is 0. The summed E-state index contributed by atoms with van der Waals surface area (Å²) in [6.07, 6.45) is 8.48. The molecule has 2 saturated heterocycles. The van der Waals surface area contributed by atoms with Gasteiger partial charge in [-0.15, -0.1) is 0 Å². The van der Waals surface area contributed by atoms with Gasteiger partial charge in [-0.2, -0.15) is 0 Å². The lowest BCUT2D eigenvalue weighted by atomic mass is 9.76. The van der Waals surface area contributed by atoms with Crippen LogP contribution in [0.4, 0.5) is 0 Å². The molecule has 5 rings (SSSR count). The van der Waals surface area contributed by atoms with Crippen molar-refractivity contribution in [1.82, 2.24) is 14.8 Å². The molecule has 6 nitrogen and oxygen atoms in total. The maximum Gasteiger partial charge on any atom is 0.223 e. The molecular formula is C31H36Br2ClN3O3. The van der Waals surface area contributed by atoms with E-state index < -0.39 is 0 Å². The predicted octanol–water partition coefficient (Wildman–Crippen LogP) is 6.73. The molecule has 0 bridgehead atoms. The van der Waals surface area contributed by atoms with E-state index in [0.717, 1.165) is 71.3 Å². The van der Waals surface area contributed by atoms with Crippen molar-refractivity contribution >= 4 is 61.1 Å². The van der Waals surface area contributed by atoms with Crippen LogP contribution in [-0.4, -0.2) is 58.6 Å². The lowest BCUT2D eigenvalue weighted by molar-refractivity contribution is -0.136. The summed E-state index contributed by atoms with van der Waals surface area (Å²) in [6.45, 7) is 4.40. The van der Waals surface area contributed by atoms with Gasteiger partial charge in [0, 0.05) is 71.5 Å². The van der Waals surface area contributed by atoms with Crippen molar-refractivity contribution in [2.24, 2.45) is 11.8 Å². The van der Waals surface area contributed by atoms with Crippen LogP contribution in [-0.2, 0) is 27.2 Å². The van der Waals surface area contributed by atoms with Crippen molar-refractivity contribution in [3.8, 4) is 0 Å². The maximum atomic E-state index is 13.3. The Balaban J connectivity index is 1.22. The Morgan fingerprint density at radius 1 is 0.900 bits per heavy atom. The first-order valence-electron chi connectivity index (χ1n) is 14.4. The summed E-state index contributed by atoms with van der Waals surface area (Å²) in [4.78, 5) is 45.7. The topological polar surface area (TPSA) is 70.6 Å². The highest BCUT2D eigenvalue weighted by atomic mass is 79.9. The Morgan fingerprint density at radius 2 is 1.55 bits per heavy atom. The van der Waals surface area contributed by atoms with E-state index in [0.29, 0.717) is 44.2 Å². The van der Waals surface area contributed by atoms with Gasteiger partial charge in [-0.05, 0) is 108 Å². The number of fused-ring (bicyclic) bond motifs is 2. The van der Waals surface area contributed by atoms with Crippen LogP contribution in [0, 0.1) is 11.8 Å². The normalized spacial score (nSPS) is 20.1. The Bertz CT molecular complexity index is 1290. The quantitative estimate of drug-likeness (QED) is 0.337. The van der Waals surface area contributed by atoms with Crippen LogP contribution in [0.2, 0.25) is 5.02 Å². The van der Waals surface area contributed by atoms with Crippen molar-refractivity contribution < 1.29 is 14.4 Å². The summed E-state index contributed by atoms with van der Waals surface area (Å²) in [5.41, 5.74) is 5.01. The second-order valence-electron chi connectivity index (χ2n) is 11.6. The summed E-state index contributed by atoms with van der Waals surface area (Å²) in [7, 11) is 0. The number of benzene rings is 1. The van der Waals surface area contributed by atoms with Crippen molar-refractivity contribution in [3.63, 3.8) is 0 Å². The largest absolute Gasteiger partial charge is 0.343 e. The highest BCUT2D eigenvalue weighted by Crippen LogP contribution is 2.46. The standard InChI is InChI=1S/C31H36Br2ClN3O3/c1-19(38)2-5-27(39)36-10-6-20(7-11-36)14-28(40)37-12-8-21(9-13-37)30-29-22(16-25(34)17-26(29)33)3-4-23-15-24(32)18-35-31(23)30/h15-18,20-21,30H,2-14H2,1H3/t30-/m1/s1. The first-order chi connectivity index (χ1) is 19.2. The molecule has 1 atom stereocenters. The molecule has 40 heavy (non-hydrogen) atoms. The molecule has 2 aromatic rings. The molecular weight excluding hydrogens is 658 g/mol. The van der Waals surface area contributed by atoms with Crippen molar-refractivity contribution in [3.05, 3.63) is 60.7 Å². The molecule has 9 heteroatoms. The van der Waals surface area contributed by atoms with E-state index in [4.69, 9.17) is 16.6 Å². The molecule has 3 heterocycles. The van der Waals surface area contributed by atoms with Crippen LogP contribution < -0.4 is 0 Å². The van der Waals surface area contributed by atoms with Gasteiger partial charge in [0.05, 0.1) is 5.69 Å². The molecule has 0 radical (unpaired) electrons. The molecule has 0 N–H and O–H groups in total. The minimum Gasteiger partial charge on any atom is -0.343 e. The number of aryl methyl sites for hydroxylation is 2. The molecule has 2 amide bonds. The molecule has 3 aliphatic rings. The smallest absolute Gasteiger partial charge is 0.223 e. The fourth-order valence-corrected chi connectivity index (χ4v) is 8.22. The van der Waals surface area contributed by atoms with E-state index in [-0.39, 0.29) is 23.5 Å². The summed E-state index contributed by atoms with van der Waals surface area (Å²) >= 11 is 13.9. The molecule has 1 aromatic heterocycles. The molecule has 0 spiro atoms. The van der Waals surface area contributed by atoms with E-state index in [9.17, 15) is 14.4 Å². The molecule has 1 aliphatic carbocycles. The number of aromatic nitrogens is 1. The third-order valence-corrected chi connectivity index (χ3v) is 10.2. The number of carbonyl (C=O) groups is 3. The van der Waals surface area contributed by atoms with Crippen LogP contribution in [0.25, 0.3) is 0 Å². The Kier molecular flexibility index (Phi) is 9.68. The summed E-state index contributed by atoms with van der Waals surface area (Å²) in [5, 5.41) is 0.746. The number of ketones is 1. The summed E-state index contributed by atoms with van der Waals surface area (Å²) < 4.78 is 2.04. The minimum absolute atomic E-state index is 0.0476. The maximum absolute atomic E-state index is 13.3. The van der Waals surface area contributed by atoms with Gasteiger partial charge in [0.25, 0.3) is 0 Å². The SMILES string of the molecule is CC(=O)CCC(=O)N1CCC(CC(=O)N2CCC([C@H]3c4ncc(Br)cc4CCc4cc(Cl)cc(Br)c43)CC2)CC1. The zero-order chi connectivity index (χ0) is 28.4. The van der Waals surface area contributed by atoms with Gasteiger partial charge in [0.2, 0.25) is 11.8 Å². The molecule has 2 aliphatic heterocycles. The Labute approximate surface area is 258 Å². The number of likely N-dealkylation sites (tertiary alicyclic amines) is 2. The second-order valence-corrected chi connectivity index (χ2v) is 13.8. The number of halogens is 3. The number of pyridine rings is 1. The first-order valence-corrected chi connectivity index (χ1v) is 16.3. The third-order valence-electron chi connectivity index (χ3n) is 8.90. The van der Waals surface area contributed by atoms with Gasteiger partial charge < -0.3 is 14.6 Å². The fraction of sp³-hybridized carbons (Fsp3) is 0.548. The number of carbonyl (C=O) groups excluding carboxylic acids is 3. The average molecular weight is 694 g/mol. The molecule has 0 unspecified atom stereocenters. The van der Waals surface area contributed by atoms with Gasteiger partial charge in [-0.3, -0.25) is 14.6 Å². The second kappa shape index (κ2) is 13.0. The molecule has 214 valence electrons. The highest BCUT2D eigenvalue weighted by Gasteiger charge is 2.37. The van der Waals surface area contributed by atoms with Crippen LogP contribution in [0.5, 0.6) is 0 Å². The van der Waals surface area contributed by atoms with E-state index in [1.165, 1.54) is 23.6 Å². The Hall–Kier alpha value is -1.77. The predicted molar refractivity (Wildman–Crippen MR) is 163 cm³/mol. The van der Waals surface area contributed by atoms with Gasteiger partial charge in [-0.1, -0.05) is 27.5 Å². The van der Waals surface area contributed by atoms with Gasteiger partial charge in [0.1, 0.15) is 5.78 Å². The zero-order valence-electron chi connectivity index (χ0n) is 22.9. The van der Waals surface area contributed by atoms with Crippen molar-refractivity contribution in [2.75, 3.05) is 26.2 Å². The van der Waals surface area contributed by atoms with Gasteiger partial charge >= 0.3 is 0 Å². The first kappa shape index (κ1) is 29.7. The molecule has 1 aromatic carbocycles. The third kappa shape index (κ3) is 6.81. The number of nitrogens with zero attached hydrogens (tertiary/aromatic N) is 3. The van der Waals surface area contributed by atoms with Crippen LogP contribution in [0.1, 0.15) is 80.2 Å². The zero-order valence-corrected chi connectivity index (χ0v) is 26.9. The van der Waals surface area contributed by atoms with E-state index in [1.807, 2.05) is 22.1 Å². The van der Waals surface area contributed by atoms with Crippen LogP contribution in [0.3, 0.4) is 0 Å². The van der Waals surface area contributed by atoms with Crippen molar-refractivity contribution in [2.45, 2.75) is 70.6 Å². The van der Waals surface area contributed by atoms with Crippen molar-refractivity contribution in [1.29, 1.82) is 0 Å². The summed E-state index contributed by atoms with van der Waals surface area (Å²) in [6, 6.07) is 6.31. The van der Waals surface area contributed by atoms with Crippen LogP contribution in [0.15, 0.2) is 33.3 Å². The highest BCUT2D eigenvalue weighted by molar-refractivity contribution is 9.10. The number of piperidine rings is 2. The lowest BCUT2D eigenvalue weighted by Crippen LogP contribution is -2.43. The van der Waals surface area contributed by atoms with E-state index >= 15 is 0 Å². The molecule has 2 fully saturated rings. The minimum atomic E-state index is 0.0476. The van der Waals surface area contributed by atoms with Gasteiger partial charge in [0.15, 0.2) is 0 Å².